The van der Waals surface area contributed by atoms with Gasteiger partial charge in [-0.05, 0) is 31.0 Å². The summed E-state index contributed by atoms with van der Waals surface area (Å²) in [5.41, 5.74) is 1.68. The Bertz CT molecular complexity index is 583. The average molecular weight is 276 g/mol. The number of carboxylic acids is 1. The van der Waals surface area contributed by atoms with Crippen molar-refractivity contribution in [3.8, 4) is 0 Å². The standard InChI is InChI=1S/C14H16N2O4/c1-7-8(12(17)15-2)4-3-5-11(7)16-13(18)9-6-10(9)14(19)20/h3-5,9-10H,6H2,1-2H3,(H,15,17)(H,16,18)(H,19,20). The number of carbonyl (C=O) groups is 3. The predicted octanol–water partition coefficient (Wildman–Crippen LogP) is 1.01. The molecule has 1 aliphatic carbocycles. The molecular weight excluding hydrogens is 260 g/mol. The molecule has 2 rings (SSSR count). The first-order chi connectivity index (χ1) is 9.45. The highest BCUT2D eigenvalue weighted by atomic mass is 16.4. The highest BCUT2D eigenvalue weighted by molar-refractivity contribution is 6.01. The van der Waals surface area contributed by atoms with Crippen molar-refractivity contribution in [2.45, 2.75) is 13.3 Å². The van der Waals surface area contributed by atoms with E-state index in [1.807, 2.05) is 0 Å². The summed E-state index contributed by atoms with van der Waals surface area (Å²) in [6.45, 7) is 1.74. The Kier molecular flexibility index (Phi) is 3.74. The van der Waals surface area contributed by atoms with Crippen molar-refractivity contribution in [3.05, 3.63) is 29.3 Å². The van der Waals surface area contributed by atoms with Crippen LogP contribution in [0.1, 0.15) is 22.3 Å². The third kappa shape index (κ3) is 2.64. The van der Waals surface area contributed by atoms with Crippen LogP contribution < -0.4 is 10.6 Å². The second-order valence-corrected chi connectivity index (χ2v) is 4.83. The van der Waals surface area contributed by atoms with Crippen LogP contribution in [0.25, 0.3) is 0 Å². The third-order valence-corrected chi connectivity index (χ3v) is 3.51. The zero-order chi connectivity index (χ0) is 14.9. The third-order valence-electron chi connectivity index (χ3n) is 3.51. The molecule has 1 fully saturated rings. The second kappa shape index (κ2) is 5.32. The number of hydrogen-bond acceptors (Lipinski definition) is 3. The molecular formula is C14H16N2O4. The SMILES string of the molecule is CNC(=O)c1cccc(NC(=O)C2CC2C(=O)O)c1C. The van der Waals surface area contributed by atoms with Crippen molar-refractivity contribution in [1.29, 1.82) is 0 Å². The van der Waals surface area contributed by atoms with Crippen LogP contribution >= 0.6 is 0 Å². The molecule has 0 spiro atoms. The summed E-state index contributed by atoms with van der Waals surface area (Å²) >= 11 is 0. The van der Waals surface area contributed by atoms with E-state index in [-0.39, 0.29) is 11.8 Å². The quantitative estimate of drug-likeness (QED) is 0.765. The topological polar surface area (TPSA) is 95.5 Å². The molecule has 0 saturated heterocycles. The van der Waals surface area contributed by atoms with Gasteiger partial charge >= 0.3 is 5.97 Å². The molecule has 1 saturated carbocycles. The molecule has 0 bridgehead atoms. The molecule has 1 aliphatic rings. The average Bonchev–Trinajstić information content (AvgIpc) is 3.20. The van der Waals surface area contributed by atoms with Gasteiger partial charge in [-0.1, -0.05) is 6.07 Å². The maximum atomic E-state index is 11.9. The lowest BCUT2D eigenvalue weighted by Gasteiger charge is -2.11. The van der Waals surface area contributed by atoms with Gasteiger partial charge in [-0.2, -0.15) is 0 Å². The van der Waals surface area contributed by atoms with Gasteiger partial charge in [0.2, 0.25) is 5.91 Å². The number of nitrogens with one attached hydrogen (secondary N) is 2. The van der Waals surface area contributed by atoms with E-state index in [1.54, 1.807) is 25.1 Å². The van der Waals surface area contributed by atoms with Crippen molar-refractivity contribution in [2.75, 3.05) is 12.4 Å². The summed E-state index contributed by atoms with van der Waals surface area (Å²) in [7, 11) is 1.54. The van der Waals surface area contributed by atoms with E-state index in [0.717, 1.165) is 0 Å². The van der Waals surface area contributed by atoms with Gasteiger partial charge in [0.05, 0.1) is 11.8 Å². The Morgan fingerprint density at radius 2 is 1.95 bits per heavy atom. The van der Waals surface area contributed by atoms with Gasteiger partial charge in [0.1, 0.15) is 0 Å². The van der Waals surface area contributed by atoms with Crippen LogP contribution in [0.15, 0.2) is 18.2 Å². The van der Waals surface area contributed by atoms with Crippen molar-refractivity contribution in [3.63, 3.8) is 0 Å². The van der Waals surface area contributed by atoms with Gasteiger partial charge in [0.25, 0.3) is 5.91 Å². The molecule has 0 aromatic heterocycles. The van der Waals surface area contributed by atoms with Gasteiger partial charge < -0.3 is 15.7 Å². The molecule has 20 heavy (non-hydrogen) atoms. The molecule has 1 aromatic carbocycles. The minimum absolute atomic E-state index is 0.228. The van der Waals surface area contributed by atoms with Crippen molar-refractivity contribution < 1.29 is 19.5 Å². The van der Waals surface area contributed by atoms with E-state index in [2.05, 4.69) is 10.6 Å². The molecule has 106 valence electrons. The fourth-order valence-corrected chi connectivity index (χ4v) is 2.13. The lowest BCUT2D eigenvalue weighted by atomic mass is 10.1. The normalized spacial score (nSPS) is 20.1. The summed E-state index contributed by atoms with van der Waals surface area (Å²) < 4.78 is 0. The fraction of sp³-hybridized carbons (Fsp3) is 0.357. The minimum atomic E-state index is -0.944. The lowest BCUT2D eigenvalue weighted by molar-refractivity contribution is -0.139. The van der Waals surface area contributed by atoms with E-state index in [4.69, 9.17) is 5.11 Å². The first kappa shape index (κ1) is 14.0. The number of anilines is 1. The van der Waals surface area contributed by atoms with Crippen molar-refractivity contribution in [1.82, 2.24) is 5.32 Å². The van der Waals surface area contributed by atoms with E-state index in [0.29, 0.717) is 23.2 Å². The van der Waals surface area contributed by atoms with Gasteiger partial charge in [-0.3, -0.25) is 14.4 Å². The first-order valence-corrected chi connectivity index (χ1v) is 6.31. The second-order valence-electron chi connectivity index (χ2n) is 4.83. The molecule has 6 heteroatoms. The molecule has 3 N–H and O–H groups in total. The Labute approximate surface area is 116 Å². The molecule has 1 aromatic rings. The summed E-state index contributed by atoms with van der Waals surface area (Å²) in [5.74, 6) is -2.54. The predicted molar refractivity (Wildman–Crippen MR) is 72.4 cm³/mol. The first-order valence-electron chi connectivity index (χ1n) is 6.31. The highest BCUT2D eigenvalue weighted by Crippen LogP contribution is 2.39. The van der Waals surface area contributed by atoms with E-state index in [9.17, 15) is 14.4 Å². The highest BCUT2D eigenvalue weighted by Gasteiger charge is 2.48. The number of rotatable bonds is 4. The van der Waals surface area contributed by atoms with Crippen LogP contribution in [-0.4, -0.2) is 29.9 Å². The van der Waals surface area contributed by atoms with E-state index >= 15 is 0 Å². The summed E-state index contributed by atoms with van der Waals surface area (Å²) in [4.78, 5) is 34.3. The van der Waals surface area contributed by atoms with Crippen LogP contribution in [0.5, 0.6) is 0 Å². The molecule has 2 unspecified atom stereocenters. The Balaban J connectivity index is 2.13. The number of aliphatic carboxylic acids is 1. The monoisotopic (exact) mass is 276 g/mol. The maximum Gasteiger partial charge on any atom is 0.307 e. The Morgan fingerprint density at radius 3 is 2.50 bits per heavy atom. The van der Waals surface area contributed by atoms with Crippen molar-refractivity contribution >= 4 is 23.5 Å². The summed E-state index contributed by atoms with van der Waals surface area (Å²) in [6.07, 6.45) is 0.370. The van der Waals surface area contributed by atoms with Crippen LogP contribution in [-0.2, 0) is 9.59 Å². The smallest absolute Gasteiger partial charge is 0.307 e. The molecule has 0 aliphatic heterocycles. The van der Waals surface area contributed by atoms with Gasteiger partial charge in [-0.15, -0.1) is 0 Å². The molecule has 6 nitrogen and oxygen atoms in total. The number of carboxylic acid groups (broad SMARTS) is 1. The largest absolute Gasteiger partial charge is 0.481 e. The maximum absolute atomic E-state index is 11.9. The molecule has 0 heterocycles. The zero-order valence-corrected chi connectivity index (χ0v) is 11.3. The number of benzene rings is 1. The van der Waals surface area contributed by atoms with Crippen LogP contribution in [0, 0.1) is 18.8 Å². The Morgan fingerprint density at radius 1 is 1.25 bits per heavy atom. The van der Waals surface area contributed by atoms with Crippen LogP contribution in [0.2, 0.25) is 0 Å². The summed E-state index contributed by atoms with van der Waals surface area (Å²) in [6, 6.07) is 5.04. The fourth-order valence-electron chi connectivity index (χ4n) is 2.13. The number of carbonyl (C=O) groups excluding carboxylic acids is 2. The zero-order valence-electron chi connectivity index (χ0n) is 11.3. The molecule has 2 amide bonds. The van der Waals surface area contributed by atoms with E-state index < -0.39 is 17.8 Å². The van der Waals surface area contributed by atoms with Crippen LogP contribution in [0.4, 0.5) is 5.69 Å². The van der Waals surface area contributed by atoms with Crippen molar-refractivity contribution in [2.24, 2.45) is 11.8 Å². The molecule has 2 atom stereocenters. The lowest BCUT2D eigenvalue weighted by Crippen LogP contribution is -2.21. The van der Waals surface area contributed by atoms with Gasteiger partial charge in [-0.25, -0.2) is 0 Å². The minimum Gasteiger partial charge on any atom is -0.481 e. The van der Waals surface area contributed by atoms with Gasteiger partial charge in [0.15, 0.2) is 0 Å². The summed E-state index contributed by atoms with van der Waals surface area (Å²) in [5, 5.41) is 14.0. The Hall–Kier alpha value is -2.37. The van der Waals surface area contributed by atoms with Gasteiger partial charge in [0, 0.05) is 18.3 Å². The van der Waals surface area contributed by atoms with E-state index in [1.165, 1.54) is 7.05 Å². The van der Waals surface area contributed by atoms with Crippen LogP contribution in [0.3, 0.4) is 0 Å². The number of hydrogen-bond donors (Lipinski definition) is 3. The number of amides is 2. The molecule has 0 radical (unpaired) electrons.